The third-order valence-corrected chi connectivity index (χ3v) is 6.62. The molecule has 1 fully saturated rings. The van der Waals surface area contributed by atoms with Gasteiger partial charge < -0.3 is 14.8 Å². The van der Waals surface area contributed by atoms with Crippen molar-refractivity contribution >= 4 is 34.6 Å². The average Bonchev–Trinajstić information content (AvgIpc) is 3.41. The molecular formula is C26H23ClN4S. The SMILES string of the molecule is Cc1ccc(-n2cccc2[C@H]2[C@H](c3ccccn3)NC(=S)N2c2ccc(Cl)cc2)cc1C. The number of rotatable bonds is 4. The third kappa shape index (κ3) is 3.68. The lowest BCUT2D eigenvalue weighted by molar-refractivity contribution is 0.549. The molecule has 0 amide bonds. The molecule has 0 aliphatic carbocycles. The normalized spacial score (nSPS) is 18.1. The highest BCUT2D eigenvalue weighted by molar-refractivity contribution is 7.80. The zero-order valence-electron chi connectivity index (χ0n) is 17.9. The van der Waals surface area contributed by atoms with Crippen molar-refractivity contribution in [3.63, 3.8) is 0 Å². The molecule has 4 nitrogen and oxygen atoms in total. The van der Waals surface area contributed by atoms with Crippen LogP contribution in [0.1, 0.15) is 34.6 Å². The number of hydrogen-bond acceptors (Lipinski definition) is 2. The van der Waals surface area contributed by atoms with Gasteiger partial charge in [-0.2, -0.15) is 0 Å². The second-order valence-electron chi connectivity index (χ2n) is 8.04. The van der Waals surface area contributed by atoms with Crippen LogP contribution in [0.3, 0.4) is 0 Å². The summed E-state index contributed by atoms with van der Waals surface area (Å²) >= 11 is 12.0. The molecule has 0 spiro atoms. The number of pyridine rings is 1. The van der Waals surface area contributed by atoms with Crippen molar-refractivity contribution in [3.05, 3.63) is 113 Å². The minimum atomic E-state index is -0.0976. The van der Waals surface area contributed by atoms with E-state index >= 15 is 0 Å². The molecule has 1 N–H and O–H groups in total. The molecule has 2 aromatic heterocycles. The number of hydrogen-bond donors (Lipinski definition) is 1. The van der Waals surface area contributed by atoms with E-state index in [1.807, 2.05) is 48.7 Å². The molecule has 0 bridgehead atoms. The summed E-state index contributed by atoms with van der Waals surface area (Å²) in [6, 6.07) is 24.4. The molecule has 0 radical (unpaired) electrons. The number of nitrogens with one attached hydrogen (secondary N) is 1. The van der Waals surface area contributed by atoms with Gasteiger partial charge in [0, 0.05) is 34.5 Å². The van der Waals surface area contributed by atoms with Crippen molar-refractivity contribution in [2.75, 3.05) is 4.90 Å². The fourth-order valence-corrected chi connectivity index (χ4v) is 4.75. The molecule has 32 heavy (non-hydrogen) atoms. The Morgan fingerprint density at radius 1 is 0.906 bits per heavy atom. The quantitative estimate of drug-likeness (QED) is 0.363. The molecule has 2 atom stereocenters. The van der Waals surface area contributed by atoms with Gasteiger partial charge in [0.25, 0.3) is 0 Å². The summed E-state index contributed by atoms with van der Waals surface area (Å²) in [6.07, 6.45) is 3.93. The number of aryl methyl sites for hydroxylation is 2. The van der Waals surface area contributed by atoms with Gasteiger partial charge in [-0.05, 0) is 97.9 Å². The first-order valence-corrected chi connectivity index (χ1v) is 11.3. The van der Waals surface area contributed by atoms with E-state index in [0.717, 1.165) is 22.8 Å². The molecule has 1 aliphatic heterocycles. The van der Waals surface area contributed by atoms with Gasteiger partial charge in [-0.25, -0.2) is 0 Å². The van der Waals surface area contributed by atoms with Gasteiger partial charge in [0.2, 0.25) is 0 Å². The van der Waals surface area contributed by atoms with Gasteiger partial charge in [0.05, 0.1) is 11.7 Å². The largest absolute Gasteiger partial charge is 0.351 e. The summed E-state index contributed by atoms with van der Waals surface area (Å²) in [6.45, 7) is 4.28. The van der Waals surface area contributed by atoms with Crippen LogP contribution in [-0.2, 0) is 0 Å². The van der Waals surface area contributed by atoms with Crippen molar-refractivity contribution < 1.29 is 0 Å². The minimum Gasteiger partial charge on any atom is -0.351 e. The average molecular weight is 459 g/mol. The number of benzene rings is 2. The Balaban J connectivity index is 1.67. The number of anilines is 1. The number of nitrogens with zero attached hydrogens (tertiary/aromatic N) is 3. The van der Waals surface area contributed by atoms with Gasteiger partial charge >= 0.3 is 0 Å². The van der Waals surface area contributed by atoms with Crippen LogP contribution >= 0.6 is 23.8 Å². The van der Waals surface area contributed by atoms with E-state index < -0.39 is 0 Å². The fourth-order valence-electron chi connectivity index (χ4n) is 4.28. The van der Waals surface area contributed by atoms with Crippen LogP contribution in [0.15, 0.2) is 85.2 Å². The van der Waals surface area contributed by atoms with Crippen molar-refractivity contribution in [2.24, 2.45) is 0 Å². The molecule has 160 valence electrons. The summed E-state index contributed by atoms with van der Waals surface area (Å²) in [5, 5.41) is 4.88. The zero-order chi connectivity index (χ0) is 22.2. The monoisotopic (exact) mass is 458 g/mol. The maximum atomic E-state index is 6.17. The minimum absolute atomic E-state index is 0.0878. The van der Waals surface area contributed by atoms with Gasteiger partial charge in [0.1, 0.15) is 6.04 Å². The van der Waals surface area contributed by atoms with Gasteiger partial charge in [0.15, 0.2) is 5.11 Å². The van der Waals surface area contributed by atoms with E-state index in [4.69, 9.17) is 23.8 Å². The molecule has 5 rings (SSSR count). The van der Waals surface area contributed by atoms with Gasteiger partial charge in [-0.1, -0.05) is 23.7 Å². The van der Waals surface area contributed by atoms with E-state index in [9.17, 15) is 0 Å². The zero-order valence-corrected chi connectivity index (χ0v) is 19.4. The number of halogens is 1. The lowest BCUT2D eigenvalue weighted by atomic mass is 10.0. The van der Waals surface area contributed by atoms with Crippen LogP contribution in [0.2, 0.25) is 5.02 Å². The van der Waals surface area contributed by atoms with Crippen LogP contribution in [0.4, 0.5) is 5.69 Å². The summed E-state index contributed by atoms with van der Waals surface area (Å²) in [7, 11) is 0. The highest BCUT2D eigenvalue weighted by Gasteiger charge is 2.42. The Morgan fingerprint density at radius 3 is 2.41 bits per heavy atom. The van der Waals surface area contributed by atoms with Crippen molar-refractivity contribution in [2.45, 2.75) is 25.9 Å². The van der Waals surface area contributed by atoms with Crippen LogP contribution in [-0.4, -0.2) is 14.7 Å². The molecule has 1 aliphatic rings. The van der Waals surface area contributed by atoms with Crippen molar-refractivity contribution in [3.8, 4) is 5.69 Å². The van der Waals surface area contributed by atoms with Crippen LogP contribution in [0.5, 0.6) is 0 Å². The molecule has 0 saturated carbocycles. The lowest BCUT2D eigenvalue weighted by Crippen LogP contribution is -2.30. The van der Waals surface area contributed by atoms with E-state index in [0.29, 0.717) is 10.1 Å². The second-order valence-corrected chi connectivity index (χ2v) is 8.87. The second kappa shape index (κ2) is 8.41. The Hall–Kier alpha value is -3.15. The first-order valence-electron chi connectivity index (χ1n) is 10.5. The fraction of sp³-hybridized carbons (Fsp3) is 0.154. The van der Waals surface area contributed by atoms with Crippen LogP contribution < -0.4 is 10.2 Å². The van der Waals surface area contributed by atoms with Crippen LogP contribution in [0.25, 0.3) is 5.69 Å². The molecule has 3 heterocycles. The molecule has 2 aromatic carbocycles. The number of thiocarbonyl (C=S) groups is 1. The van der Waals surface area contributed by atoms with E-state index in [1.54, 1.807) is 0 Å². The van der Waals surface area contributed by atoms with Crippen molar-refractivity contribution in [1.82, 2.24) is 14.9 Å². The molecule has 4 aromatic rings. The van der Waals surface area contributed by atoms with E-state index in [1.165, 1.54) is 11.1 Å². The third-order valence-electron chi connectivity index (χ3n) is 6.05. The summed E-state index contributed by atoms with van der Waals surface area (Å²) in [5.41, 5.74) is 6.73. The first-order chi connectivity index (χ1) is 15.5. The lowest BCUT2D eigenvalue weighted by Gasteiger charge is -2.29. The first kappa shape index (κ1) is 20.7. The van der Waals surface area contributed by atoms with Gasteiger partial charge in [-0.3, -0.25) is 4.98 Å². The Kier molecular flexibility index (Phi) is 5.45. The highest BCUT2D eigenvalue weighted by Crippen LogP contribution is 2.42. The summed E-state index contributed by atoms with van der Waals surface area (Å²) < 4.78 is 2.24. The predicted molar refractivity (Wildman–Crippen MR) is 135 cm³/mol. The maximum Gasteiger partial charge on any atom is 0.174 e. The standard InChI is InChI=1S/C26H23ClN4S/c1-17-8-11-21(16-18(17)2)30-15-5-7-23(30)25-24(22-6-3-4-14-28-22)29-26(32)31(25)20-12-9-19(27)10-13-20/h3-16,24-25H,1-2H3,(H,29,32)/t24-,25-/m0/s1. The van der Waals surface area contributed by atoms with Crippen LogP contribution in [0, 0.1) is 13.8 Å². The van der Waals surface area contributed by atoms with Gasteiger partial charge in [-0.15, -0.1) is 0 Å². The Bertz CT molecular complexity index is 1270. The smallest absolute Gasteiger partial charge is 0.174 e. The topological polar surface area (TPSA) is 33.1 Å². The summed E-state index contributed by atoms with van der Waals surface area (Å²) in [5.74, 6) is 0. The molecular weight excluding hydrogens is 436 g/mol. The Morgan fingerprint density at radius 2 is 1.69 bits per heavy atom. The highest BCUT2D eigenvalue weighted by atomic mass is 35.5. The number of aromatic nitrogens is 2. The van der Waals surface area contributed by atoms with E-state index in [-0.39, 0.29) is 12.1 Å². The maximum absolute atomic E-state index is 6.17. The van der Waals surface area contributed by atoms with Crippen molar-refractivity contribution in [1.29, 1.82) is 0 Å². The predicted octanol–water partition coefficient (Wildman–Crippen LogP) is 6.32. The Labute approximate surface area is 198 Å². The van der Waals surface area contributed by atoms with E-state index in [2.05, 4.69) is 70.1 Å². The molecule has 6 heteroatoms. The molecule has 0 unspecified atom stereocenters. The molecule has 1 saturated heterocycles. The summed E-state index contributed by atoms with van der Waals surface area (Å²) in [4.78, 5) is 6.81.